The van der Waals surface area contributed by atoms with E-state index in [9.17, 15) is 9.59 Å². The number of methoxy groups -OCH3 is 2. The number of hydrogen-bond donors (Lipinski definition) is 0. The van der Waals surface area contributed by atoms with Crippen molar-refractivity contribution in [3.63, 3.8) is 0 Å². The molecule has 0 heterocycles. The SMILES string of the molecule is COc1ccc(I(OC(C)=O)OC(C)=O)c2c1CCC[C@H]2OC. The third-order valence-corrected chi connectivity index (χ3v) is 7.43. The van der Waals surface area contributed by atoms with E-state index in [0.717, 1.165) is 39.7 Å². The molecule has 2 rings (SSSR count). The number of halogens is 1. The van der Waals surface area contributed by atoms with E-state index in [4.69, 9.17) is 15.6 Å². The van der Waals surface area contributed by atoms with Crippen molar-refractivity contribution in [1.82, 2.24) is 0 Å². The molecule has 128 valence electrons. The second-order valence-corrected chi connectivity index (χ2v) is 8.40. The molecule has 0 unspecified atom stereocenters. The van der Waals surface area contributed by atoms with E-state index in [-0.39, 0.29) is 6.10 Å². The molecule has 23 heavy (non-hydrogen) atoms. The van der Waals surface area contributed by atoms with Gasteiger partial charge in [0.25, 0.3) is 0 Å². The van der Waals surface area contributed by atoms with Crippen LogP contribution in [0.25, 0.3) is 0 Å². The van der Waals surface area contributed by atoms with Crippen molar-refractivity contribution < 1.29 is 25.2 Å². The van der Waals surface area contributed by atoms with Gasteiger partial charge in [-0.3, -0.25) is 0 Å². The van der Waals surface area contributed by atoms with Gasteiger partial charge in [-0.15, -0.1) is 0 Å². The van der Waals surface area contributed by atoms with Gasteiger partial charge in [0.2, 0.25) is 0 Å². The Kier molecular flexibility index (Phi) is 6.23. The van der Waals surface area contributed by atoms with Gasteiger partial charge in [-0.25, -0.2) is 0 Å². The van der Waals surface area contributed by atoms with Gasteiger partial charge >= 0.3 is 144 Å². The quantitative estimate of drug-likeness (QED) is 0.660. The van der Waals surface area contributed by atoms with Crippen molar-refractivity contribution >= 4 is 32.6 Å². The summed E-state index contributed by atoms with van der Waals surface area (Å²) in [6, 6.07) is 3.66. The van der Waals surface area contributed by atoms with Crippen molar-refractivity contribution in [3.8, 4) is 5.75 Å². The summed E-state index contributed by atoms with van der Waals surface area (Å²) in [6.45, 7) is 2.63. The van der Waals surface area contributed by atoms with Crippen LogP contribution in [0.2, 0.25) is 0 Å². The van der Waals surface area contributed by atoms with Gasteiger partial charge in [0.05, 0.1) is 0 Å². The number of fused-ring (bicyclic) bond motifs is 1. The van der Waals surface area contributed by atoms with E-state index in [1.165, 1.54) is 13.8 Å². The average Bonchev–Trinajstić information content (AvgIpc) is 2.51. The third kappa shape index (κ3) is 4.14. The molecule has 0 amide bonds. The second-order valence-electron chi connectivity index (χ2n) is 5.11. The molecule has 1 aliphatic carbocycles. The van der Waals surface area contributed by atoms with E-state index in [1.807, 2.05) is 12.1 Å². The van der Waals surface area contributed by atoms with Gasteiger partial charge in [-0.1, -0.05) is 0 Å². The zero-order valence-electron chi connectivity index (χ0n) is 13.7. The summed E-state index contributed by atoms with van der Waals surface area (Å²) in [5.41, 5.74) is 2.00. The van der Waals surface area contributed by atoms with Gasteiger partial charge in [0.15, 0.2) is 0 Å². The fourth-order valence-corrected chi connectivity index (χ4v) is 6.00. The molecule has 0 fully saturated rings. The van der Waals surface area contributed by atoms with Crippen LogP contribution in [0.1, 0.15) is 43.9 Å². The van der Waals surface area contributed by atoms with Crippen LogP contribution < -0.4 is 4.74 Å². The van der Waals surface area contributed by atoms with Crippen molar-refractivity contribution in [2.75, 3.05) is 14.2 Å². The number of hydrogen-bond acceptors (Lipinski definition) is 6. The van der Waals surface area contributed by atoms with Crippen LogP contribution in [0, 0.1) is 3.57 Å². The summed E-state index contributed by atoms with van der Waals surface area (Å²) in [7, 11) is 3.28. The fraction of sp³-hybridized carbons (Fsp3) is 0.500. The Balaban J connectivity index is 2.55. The molecule has 1 aromatic rings. The molecule has 0 radical (unpaired) electrons. The molecule has 0 saturated heterocycles. The van der Waals surface area contributed by atoms with E-state index < -0.39 is 32.6 Å². The minimum absolute atomic E-state index is 0.116. The average molecular weight is 436 g/mol. The summed E-state index contributed by atoms with van der Waals surface area (Å²) in [5.74, 6) is -0.122. The molecule has 6 nitrogen and oxygen atoms in total. The first-order chi connectivity index (χ1) is 11.0. The molecule has 1 aromatic carbocycles. The van der Waals surface area contributed by atoms with Crippen LogP contribution in [0.5, 0.6) is 5.75 Å². The van der Waals surface area contributed by atoms with Crippen LogP contribution >= 0.6 is 20.6 Å². The molecule has 0 aliphatic heterocycles. The van der Waals surface area contributed by atoms with Crippen LogP contribution in [-0.2, 0) is 26.9 Å². The monoisotopic (exact) mass is 436 g/mol. The zero-order chi connectivity index (χ0) is 17.0. The minimum atomic E-state index is -2.90. The predicted molar refractivity (Wildman–Crippen MR) is 91.9 cm³/mol. The van der Waals surface area contributed by atoms with Crippen molar-refractivity contribution in [2.45, 2.75) is 39.2 Å². The van der Waals surface area contributed by atoms with Gasteiger partial charge in [-0.2, -0.15) is 0 Å². The molecule has 7 heteroatoms. The molecule has 0 spiro atoms. The molecule has 0 aromatic heterocycles. The Hall–Kier alpha value is -1.35. The Morgan fingerprint density at radius 1 is 1.13 bits per heavy atom. The number of carbonyl (C=O) groups is 2. The van der Waals surface area contributed by atoms with Crippen LogP contribution in [0.15, 0.2) is 12.1 Å². The van der Waals surface area contributed by atoms with Gasteiger partial charge in [0.1, 0.15) is 0 Å². The zero-order valence-corrected chi connectivity index (χ0v) is 15.8. The van der Waals surface area contributed by atoms with E-state index in [1.54, 1.807) is 14.2 Å². The van der Waals surface area contributed by atoms with Crippen molar-refractivity contribution in [2.24, 2.45) is 0 Å². The van der Waals surface area contributed by atoms with Crippen LogP contribution in [-0.4, -0.2) is 26.2 Å². The van der Waals surface area contributed by atoms with Gasteiger partial charge in [0, 0.05) is 0 Å². The maximum absolute atomic E-state index is 11.4. The molecule has 0 N–H and O–H groups in total. The molecule has 1 atom stereocenters. The third-order valence-electron chi connectivity index (χ3n) is 3.50. The Bertz CT molecular complexity index is 584. The Labute approximate surface area is 143 Å². The first kappa shape index (κ1) is 18.0. The maximum atomic E-state index is 11.4. The van der Waals surface area contributed by atoms with E-state index in [2.05, 4.69) is 0 Å². The second kappa shape index (κ2) is 7.96. The fourth-order valence-electron chi connectivity index (χ4n) is 2.69. The normalized spacial score (nSPS) is 17.0. The first-order valence-electron chi connectivity index (χ1n) is 7.28. The summed E-state index contributed by atoms with van der Waals surface area (Å²) in [6.07, 6.45) is 2.60. The number of carbonyl (C=O) groups excluding carboxylic acids is 2. The predicted octanol–water partition coefficient (Wildman–Crippen LogP) is 3.35. The number of rotatable bonds is 5. The number of benzene rings is 1. The summed E-state index contributed by atoms with van der Waals surface area (Å²) in [4.78, 5) is 22.8. The topological polar surface area (TPSA) is 71.1 Å². The van der Waals surface area contributed by atoms with Crippen LogP contribution in [0.4, 0.5) is 0 Å². The van der Waals surface area contributed by atoms with Gasteiger partial charge < -0.3 is 0 Å². The number of ether oxygens (including phenoxy) is 2. The van der Waals surface area contributed by atoms with Crippen LogP contribution in [0.3, 0.4) is 0 Å². The molecular weight excluding hydrogens is 415 g/mol. The van der Waals surface area contributed by atoms with Gasteiger partial charge in [-0.05, 0) is 0 Å². The van der Waals surface area contributed by atoms with Crippen molar-refractivity contribution in [1.29, 1.82) is 0 Å². The standard InChI is InChI=1S/C16H21IO6/c1-10(18)22-17(23-11(2)19)13-8-9-14(20-3)12-6-5-7-15(21-4)16(12)13/h8-9,15H,5-7H2,1-4H3/t15-/m1/s1. The van der Waals surface area contributed by atoms with E-state index >= 15 is 0 Å². The summed E-state index contributed by atoms with van der Waals surface area (Å²) >= 11 is -2.90. The van der Waals surface area contributed by atoms with Crippen molar-refractivity contribution in [3.05, 3.63) is 26.8 Å². The molecule has 0 bridgehead atoms. The Morgan fingerprint density at radius 3 is 2.30 bits per heavy atom. The summed E-state index contributed by atoms with van der Waals surface area (Å²) in [5, 5.41) is 0. The molecule has 0 saturated carbocycles. The summed E-state index contributed by atoms with van der Waals surface area (Å²) < 4.78 is 22.6. The molecule has 1 aliphatic rings. The van der Waals surface area contributed by atoms with E-state index in [0.29, 0.717) is 0 Å². The molecular formula is C16H21IO6. The first-order valence-corrected chi connectivity index (χ1v) is 10.1. The Morgan fingerprint density at radius 2 is 1.78 bits per heavy atom.